The highest BCUT2D eigenvalue weighted by molar-refractivity contribution is 5.94. The summed E-state index contributed by atoms with van der Waals surface area (Å²) in [6.07, 6.45) is -0.740. The van der Waals surface area contributed by atoms with E-state index in [4.69, 9.17) is 9.47 Å². The molecule has 2 unspecified atom stereocenters. The Morgan fingerprint density at radius 2 is 1.69 bits per heavy atom. The molecule has 2 amide bonds. The molecule has 0 aliphatic heterocycles. The van der Waals surface area contributed by atoms with Crippen LogP contribution < -0.4 is 20.9 Å². The molecule has 11 nitrogen and oxygen atoms in total. The average molecular weight is 665 g/mol. The van der Waals surface area contributed by atoms with Gasteiger partial charge in [-0.1, -0.05) is 60.7 Å². The maximum absolute atomic E-state index is 13.2. The molecule has 2 atom stereocenters. The van der Waals surface area contributed by atoms with Gasteiger partial charge in [0.15, 0.2) is 0 Å². The van der Waals surface area contributed by atoms with E-state index in [9.17, 15) is 24.6 Å². The molecule has 0 bridgehead atoms. The molecule has 11 heteroatoms. The van der Waals surface area contributed by atoms with Gasteiger partial charge in [-0.05, 0) is 71.6 Å². The van der Waals surface area contributed by atoms with E-state index < -0.39 is 18.2 Å². The van der Waals surface area contributed by atoms with Crippen molar-refractivity contribution in [1.29, 1.82) is 0 Å². The molecule has 5 rings (SSSR count). The zero-order chi connectivity index (χ0) is 34.8. The van der Waals surface area contributed by atoms with Crippen LogP contribution in [0.3, 0.4) is 0 Å². The number of nitrogens with zero attached hydrogens (tertiary/aromatic N) is 1. The minimum atomic E-state index is -0.859. The number of alkyl carbamates (subject to hydrolysis) is 1. The number of carbonyl (C=O) groups excluding carboxylic acids is 2. The Labute approximate surface area is 284 Å². The fourth-order valence-electron chi connectivity index (χ4n) is 5.59. The number of aromatic nitrogens is 1. The third-order valence-corrected chi connectivity index (χ3v) is 8.15. The Hall–Kier alpha value is -5.65. The van der Waals surface area contributed by atoms with Gasteiger partial charge in [0.1, 0.15) is 18.1 Å². The van der Waals surface area contributed by atoms with Crippen LogP contribution in [0.25, 0.3) is 10.9 Å². The third-order valence-electron chi connectivity index (χ3n) is 8.15. The molecule has 5 N–H and O–H groups in total. The minimum absolute atomic E-state index is 0.0590. The lowest BCUT2D eigenvalue weighted by atomic mass is 9.98. The first-order chi connectivity index (χ1) is 23.7. The number of ether oxygens (including phenoxy) is 2. The van der Waals surface area contributed by atoms with Gasteiger partial charge < -0.3 is 40.2 Å². The smallest absolute Gasteiger partial charge is 0.407 e. The summed E-state index contributed by atoms with van der Waals surface area (Å²) in [7, 11) is 3.08. The molecule has 1 aromatic heterocycles. The minimum Gasteiger partial charge on any atom is -0.506 e. The van der Waals surface area contributed by atoms with Crippen molar-refractivity contribution in [3.63, 3.8) is 0 Å². The molecule has 0 radical (unpaired) electrons. The lowest BCUT2D eigenvalue weighted by Gasteiger charge is -2.20. The van der Waals surface area contributed by atoms with Crippen LogP contribution in [-0.2, 0) is 11.3 Å². The van der Waals surface area contributed by atoms with Crippen molar-refractivity contribution in [2.75, 3.05) is 33.8 Å². The Balaban J connectivity index is 1.12. The van der Waals surface area contributed by atoms with Gasteiger partial charge in [0.25, 0.3) is 5.91 Å². The number of aliphatic hydroxyl groups excluding tert-OH is 1. The molecule has 0 saturated heterocycles. The van der Waals surface area contributed by atoms with Crippen molar-refractivity contribution in [3.8, 4) is 11.5 Å². The second kappa shape index (κ2) is 16.4. The number of methoxy groups -OCH3 is 1. The van der Waals surface area contributed by atoms with Gasteiger partial charge in [0.2, 0.25) is 5.56 Å². The maximum atomic E-state index is 13.2. The Morgan fingerprint density at radius 1 is 0.918 bits per heavy atom. The molecule has 0 aliphatic rings. The molecule has 0 aliphatic carbocycles. The Kier molecular flexibility index (Phi) is 11.6. The highest BCUT2D eigenvalue weighted by atomic mass is 16.5. The molecule has 1 heterocycles. The van der Waals surface area contributed by atoms with Crippen LogP contribution in [-0.4, -0.2) is 65.9 Å². The van der Waals surface area contributed by atoms with Crippen molar-refractivity contribution in [1.82, 2.24) is 20.5 Å². The lowest BCUT2D eigenvalue weighted by Crippen LogP contribution is -2.31. The van der Waals surface area contributed by atoms with Crippen LogP contribution in [0.1, 0.15) is 51.2 Å². The van der Waals surface area contributed by atoms with E-state index in [-0.39, 0.29) is 35.9 Å². The van der Waals surface area contributed by atoms with Crippen LogP contribution >= 0.6 is 0 Å². The van der Waals surface area contributed by atoms with Gasteiger partial charge in [-0.15, -0.1) is 0 Å². The molecule has 0 fully saturated rings. The van der Waals surface area contributed by atoms with E-state index in [1.807, 2.05) is 72.8 Å². The number of aliphatic hydroxyl groups is 1. The maximum Gasteiger partial charge on any atom is 0.407 e. The number of phenolic OH excluding ortho intramolecular Hbond substituents is 1. The van der Waals surface area contributed by atoms with Gasteiger partial charge >= 0.3 is 6.09 Å². The van der Waals surface area contributed by atoms with Gasteiger partial charge in [-0.25, -0.2) is 4.79 Å². The number of nitrogens with one attached hydrogen (secondary N) is 3. The average Bonchev–Trinajstić information content (AvgIpc) is 3.13. The quantitative estimate of drug-likeness (QED) is 0.104. The molecule has 49 heavy (non-hydrogen) atoms. The van der Waals surface area contributed by atoms with Crippen LogP contribution in [0, 0.1) is 0 Å². The first-order valence-electron chi connectivity index (χ1n) is 15.9. The highest BCUT2D eigenvalue weighted by Gasteiger charge is 2.18. The lowest BCUT2D eigenvalue weighted by molar-refractivity contribution is 0.0792. The summed E-state index contributed by atoms with van der Waals surface area (Å²) >= 11 is 0. The highest BCUT2D eigenvalue weighted by Crippen LogP contribution is 2.29. The van der Waals surface area contributed by atoms with Crippen molar-refractivity contribution < 1.29 is 29.3 Å². The van der Waals surface area contributed by atoms with E-state index in [1.54, 1.807) is 30.1 Å². The summed E-state index contributed by atoms with van der Waals surface area (Å²) in [6.45, 7) is 1.57. The van der Waals surface area contributed by atoms with Crippen molar-refractivity contribution in [2.45, 2.75) is 25.2 Å². The summed E-state index contributed by atoms with van der Waals surface area (Å²) in [6, 6.07) is 30.0. The number of rotatable bonds is 14. The van der Waals surface area contributed by atoms with E-state index in [0.29, 0.717) is 41.8 Å². The van der Waals surface area contributed by atoms with Gasteiger partial charge in [-0.2, -0.15) is 0 Å². The first kappa shape index (κ1) is 34.7. The molecule has 0 spiro atoms. The topological polar surface area (TPSA) is 153 Å². The number of phenols is 1. The largest absolute Gasteiger partial charge is 0.506 e. The van der Waals surface area contributed by atoms with Crippen LogP contribution in [0.4, 0.5) is 4.79 Å². The number of aromatic hydroxyl groups is 1. The number of fused-ring (bicyclic) bond motifs is 1. The fraction of sp³-hybridized carbons (Fsp3) is 0.237. The number of benzene rings is 4. The van der Waals surface area contributed by atoms with Crippen LogP contribution in [0.2, 0.25) is 0 Å². The van der Waals surface area contributed by atoms with Crippen molar-refractivity contribution in [2.24, 2.45) is 0 Å². The molecule has 0 saturated carbocycles. The van der Waals surface area contributed by atoms with Gasteiger partial charge in [-0.3, -0.25) is 9.59 Å². The summed E-state index contributed by atoms with van der Waals surface area (Å²) < 4.78 is 10.9. The first-order valence-corrected chi connectivity index (χ1v) is 15.9. The van der Waals surface area contributed by atoms with Crippen LogP contribution in [0.15, 0.2) is 108 Å². The molecular weight excluding hydrogens is 624 g/mol. The number of hydrogen-bond acceptors (Lipinski definition) is 8. The monoisotopic (exact) mass is 664 g/mol. The van der Waals surface area contributed by atoms with Crippen LogP contribution in [0.5, 0.6) is 11.5 Å². The zero-order valence-corrected chi connectivity index (χ0v) is 27.4. The standard InChI is InChI=1S/C38H40N4O7/c1-42(20-8-19-39-23-33(44)30-15-17-32(43)36-31(30)16-18-34(45)40-36)37(46)28-13-6-9-25(21-28)24-49-29-14-7-12-27(22-29)35(41-38(47)48-2)26-10-4-3-5-11-26/h3-7,9-18,21-22,33,35,39,43-44H,8,19-20,23-24H2,1-2H3,(H,40,45)(H,41,47). The van der Waals surface area contributed by atoms with Crippen molar-refractivity contribution in [3.05, 3.63) is 141 Å². The second-order valence-corrected chi connectivity index (χ2v) is 11.6. The van der Waals surface area contributed by atoms with E-state index in [0.717, 1.165) is 16.7 Å². The van der Waals surface area contributed by atoms with Gasteiger partial charge in [0, 0.05) is 37.2 Å². The van der Waals surface area contributed by atoms with E-state index in [1.165, 1.54) is 19.2 Å². The summed E-state index contributed by atoms with van der Waals surface area (Å²) in [5.74, 6) is 0.439. The fourth-order valence-corrected chi connectivity index (χ4v) is 5.59. The normalized spacial score (nSPS) is 12.2. The Bertz CT molecular complexity index is 1950. The predicted molar refractivity (Wildman–Crippen MR) is 187 cm³/mol. The molecular formula is C38H40N4O7. The summed E-state index contributed by atoms with van der Waals surface area (Å²) in [5.41, 5.74) is 3.65. The molecule has 254 valence electrons. The molecule has 5 aromatic rings. The molecule has 4 aromatic carbocycles. The van der Waals surface area contributed by atoms with E-state index >= 15 is 0 Å². The number of amides is 2. The van der Waals surface area contributed by atoms with E-state index in [2.05, 4.69) is 15.6 Å². The summed E-state index contributed by atoms with van der Waals surface area (Å²) in [5, 5.41) is 27.5. The zero-order valence-electron chi connectivity index (χ0n) is 27.4. The van der Waals surface area contributed by atoms with Gasteiger partial charge in [0.05, 0.1) is 24.8 Å². The number of carbonyl (C=O) groups is 2. The second-order valence-electron chi connectivity index (χ2n) is 11.6. The Morgan fingerprint density at radius 3 is 2.49 bits per heavy atom. The number of H-pyrrole nitrogens is 1. The SMILES string of the molecule is COC(=O)NC(c1ccccc1)c1cccc(OCc2cccc(C(=O)N(C)CCCNCC(O)c3ccc(O)c4[nH]c(=O)ccc34)c2)c1. The predicted octanol–water partition coefficient (Wildman–Crippen LogP) is 5.04. The number of pyridine rings is 1. The summed E-state index contributed by atoms with van der Waals surface area (Å²) in [4.78, 5) is 41.2. The van der Waals surface area contributed by atoms with Crippen molar-refractivity contribution >= 4 is 22.9 Å². The number of aromatic amines is 1. The third kappa shape index (κ3) is 9.04. The number of hydrogen-bond donors (Lipinski definition) is 5.